The molecule has 1 N–H and O–H groups in total. The first-order valence-electron chi connectivity index (χ1n) is 7.82. The van der Waals surface area contributed by atoms with Crippen molar-refractivity contribution in [3.8, 4) is 0 Å². The van der Waals surface area contributed by atoms with Gasteiger partial charge in [-0.1, -0.05) is 26.2 Å². The number of nitrogens with one attached hydrogen (secondary N) is 1. The number of thiophene rings is 1. The molecule has 1 aliphatic carbocycles. The first-order chi connectivity index (χ1) is 10.2. The quantitative estimate of drug-likeness (QED) is 0.932. The van der Waals surface area contributed by atoms with Crippen LogP contribution in [0, 0.1) is 0 Å². The molecule has 1 spiro atoms. The number of carbonyl (C=O) groups is 2. The van der Waals surface area contributed by atoms with Crippen molar-refractivity contribution in [1.29, 1.82) is 0 Å². The van der Waals surface area contributed by atoms with E-state index >= 15 is 0 Å². The molecule has 3 rings (SSSR count). The normalized spacial score (nSPS) is 21.7. The van der Waals surface area contributed by atoms with Gasteiger partial charge in [0.15, 0.2) is 0 Å². The maximum absolute atomic E-state index is 12.5. The Morgan fingerprint density at radius 3 is 2.57 bits per heavy atom. The van der Waals surface area contributed by atoms with Gasteiger partial charge in [-0.25, -0.2) is 0 Å². The Morgan fingerprint density at radius 1 is 1.19 bits per heavy atom. The molecule has 2 amide bonds. The molecule has 114 valence electrons. The van der Waals surface area contributed by atoms with Crippen LogP contribution in [0.15, 0.2) is 12.1 Å². The van der Waals surface area contributed by atoms with E-state index in [1.165, 1.54) is 9.75 Å². The van der Waals surface area contributed by atoms with Gasteiger partial charge in [0.05, 0.1) is 13.1 Å². The highest BCUT2D eigenvalue weighted by molar-refractivity contribution is 7.11. The first-order valence-corrected chi connectivity index (χ1v) is 8.64. The molecule has 2 heterocycles. The highest BCUT2D eigenvalue weighted by Crippen LogP contribution is 2.37. The van der Waals surface area contributed by atoms with E-state index in [0.717, 1.165) is 38.5 Å². The lowest BCUT2D eigenvalue weighted by Crippen LogP contribution is -2.67. The lowest BCUT2D eigenvalue weighted by atomic mass is 9.78. The summed E-state index contributed by atoms with van der Waals surface area (Å²) in [4.78, 5) is 29.3. The number of piperazine rings is 1. The minimum absolute atomic E-state index is 0.0501. The molecule has 0 bridgehead atoms. The van der Waals surface area contributed by atoms with Crippen LogP contribution in [0.4, 0.5) is 0 Å². The van der Waals surface area contributed by atoms with Crippen LogP contribution in [-0.2, 0) is 22.6 Å². The fourth-order valence-electron chi connectivity index (χ4n) is 3.50. The third-order valence-electron chi connectivity index (χ3n) is 4.70. The summed E-state index contributed by atoms with van der Waals surface area (Å²) in [6, 6.07) is 4.22. The summed E-state index contributed by atoms with van der Waals surface area (Å²) < 4.78 is 0. The van der Waals surface area contributed by atoms with E-state index in [1.807, 2.05) is 4.90 Å². The maximum Gasteiger partial charge on any atom is 0.246 e. The highest BCUT2D eigenvalue weighted by Gasteiger charge is 2.49. The topological polar surface area (TPSA) is 49.4 Å². The highest BCUT2D eigenvalue weighted by atomic mass is 32.1. The van der Waals surface area contributed by atoms with Gasteiger partial charge in [-0.05, 0) is 31.4 Å². The Balaban J connectivity index is 1.87. The van der Waals surface area contributed by atoms with Crippen LogP contribution in [-0.4, -0.2) is 28.8 Å². The summed E-state index contributed by atoms with van der Waals surface area (Å²) in [6.45, 7) is 2.86. The van der Waals surface area contributed by atoms with E-state index in [-0.39, 0.29) is 18.4 Å². The fraction of sp³-hybridized carbons (Fsp3) is 0.625. The standard InChI is InChI=1S/C16H22N2O2S/c1-2-12-6-7-13(21-12)11-18-14(19)10-17-15(20)16(18)8-4-3-5-9-16/h6-7H,2-5,8-11H2,1H3,(H,17,20). The van der Waals surface area contributed by atoms with Crippen LogP contribution in [0.5, 0.6) is 0 Å². The average molecular weight is 306 g/mol. The van der Waals surface area contributed by atoms with E-state index in [0.29, 0.717) is 6.54 Å². The van der Waals surface area contributed by atoms with Crippen LogP contribution in [0.2, 0.25) is 0 Å². The molecule has 1 saturated carbocycles. The molecule has 2 fully saturated rings. The Morgan fingerprint density at radius 2 is 1.90 bits per heavy atom. The summed E-state index contributed by atoms with van der Waals surface area (Å²) >= 11 is 1.75. The molecule has 4 nitrogen and oxygen atoms in total. The molecule has 2 aliphatic rings. The summed E-state index contributed by atoms with van der Waals surface area (Å²) in [5.41, 5.74) is -0.593. The van der Waals surface area contributed by atoms with Crippen molar-refractivity contribution in [3.63, 3.8) is 0 Å². The molecule has 0 aromatic carbocycles. The number of carbonyl (C=O) groups excluding carboxylic acids is 2. The molecule has 0 atom stereocenters. The van der Waals surface area contributed by atoms with Crippen LogP contribution in [0.3, 0.4) is 0 Å². The predicted octanol–water partition coefficient (Wildman–Crippen LogP) is 2.47. The predicted molar refractivity (Wildman–Crippen MR) is 83.1 cm³/mol. The van der Waals surface area contributed by atoms with E-state index in [2.05, 4.69) is 24.4 Å². The zero-order valence-electron chi connectivity index (χ0n) is 12.5. The van der Waals surface area contributed by atoms with E-state index < -0.39 is 5.54 Å². The molecule has 1 aliphatic heterocycles. The van der Waals surface area contributed by atoms with Gasteiger partial charge in [0, 0.05) is 9.75 Å². The van der Waals surface area contributed by atoms with Crippen molar-refractivity contribution in [2.24, 2.45) is 0 Å². The van der Waals surface area contributed by atoms with Crippen LogP contribution >= 0.6 is 11.3 Å². The summed E-state index contributed by atoms with van der Waals surface area (Å²) in [7, 11) is 0. The van der Waals surface area contributed by atoms with Gasteiger partial charge < -0.3 is 10.2 Å². The molecular weight excluding hydrogens is 284 g/mol. The van der Waals surface area contributed by atoms with Crippen molar-refractivity contribution >= 4 is 23.2 Å². The van der Waals surface area contributed by atoms with Crippen molar-refractivity contribution in [3.05, 3.63) is 21.9 Å². The van der Waals surface area contributed by atoms with Gasteiger partial charge in [-0.15, -0.1) is 11.3 Å². The Hall–Kier alpha value is -1.36. The lowest BCUT2D eigenvalue weighted by molar-refractivity contribution is -0.157. The third-order valence-corrected chi connectivity index (χ3v) is 5.92. The number of rotatable bonds is 3. The second-order valence-electron chi connectivity index (χ2n) is 5.98. The number of hydrogen-bond acceptors (Lipinski definition) is 3. The summed E-state index contributed by atoms with van der Waals surface area (Å²) in [5, 5.41) is 2.80. The Labute approximate surface area is 129 Å². The van der Waals surface area contributed by atoms with Crippen molar-refractivity contribution in [2.75, 3.05) is 6.54 Å². The first kappa shape index (κ1) is 14.6. The van der Waals surface area contributed by atoms with Crippen LogP contribution in [0.25, 0.3) is 0 Å². The number of amides is 2. The molecule has 0 radical (unpaired) electrons. The monoisotopic (exact) mass is 306 g/mol. The molecular formula is C16H22N2O2S. The van der Waals surface area contributed by atoms with E-state index in [4.69, 9.17) is 0 Å². The second kappa shape index (κ2) is 5.79. The lowest BCUT2D eigenvalue weighted by Gasteiger charge is -2.47. The number of hydrogen-bond donors (Lipinski definition) is 1. The smallest absolute Gasteiger partial charge is 0.246 e. The molecule has 1 aromatic heterocycles. The summed E-state index contributed by atoms with van der Waals surface area (Å²) in [5.74, 6) is 0.108. The zero-order valence-corrected chi connectivity index (χ0v) is 13.3. The third kappa shape index (κ3) is 2.59. The molecule has 1 aromatic rings. The minimum Gasteiger partial charge on any atom is -0.345 e. The van der Waals surface area contributed by atoms with Gasteiger partial charge in [-0.3, -0.25) is 9.59 Å². The SMILES string of the molecule is CCc1ccc(CN2C(=O)CNC(=O)C23CCCCC3)s1. The van der Waals surface area contributed by atoms with E-state index in [9.17, 15) is 9.59 Å². The van der Waals surface area contributed by atoms with Gasteiger partial charge in [0.1, 0.15) is 5.54 Å². The van der Waals surface area contributed by atoms with Crippen molar-refractivity contribution in [1.82, 2.24) is 10.2 Å². The fourth-order valence-corrected chi connectivity index (χ4v) is 4.45. The molecule has 1 saturated heterocycles. The van der Waals surface area contributed by atoms with Gasteiger partial charge >= 0.3 is 0 Å². The van der Waals surface area contributed by atoms with Crippen LogP contribution < -0.4 is 5.32 Å². The van der Waals surface area contributed by atoms with Gasteiger partial charge in [0.25, 0.3) is 0 Å². The Bertz CT molecular complexity index is 546. The number of aryl methyl sites for hydroxylation is 1. The van der Waals surface area contributed by atoms with Crippen molar-refractivity contribution < 1.29 is 9.59 Å². The van der Waals surface area contributed by atoms with Crippen molar-refractivity contribution in [2.45, 2.75) is 57.5 Å². The Kier molecular flexibility index (Phi) is 4.02. The van der Waals surface area contributed by atoms with Gasteiger partial charge in [0.2, 0.25) is 11.8 Å². The average Bonchev–Trinajstić information content (AvgIpc) is 2.97. The molecule has 0 unspecified atom stereocenters. The minimum atomic E-state index is -0.593. The van der Waals surface area contributed by atoms with Crippen LogP contribution in [0.1, 0.15) is 48.8 Å². The maximum atomic E-state index is 12.5. The largest absolute Gasteiger partial charge is 0.345 e. The zero-order chi connectivity index (χ0) is 14.9. The second-order valence-corrected chi connectivity index (χ2v) is 7.23. The van der Waals surface area contributed by atoms with Gasteiger partial charge in [-0.2, -0.15) is 0 Å². The van der Waals surface area contributed by atoms with E-state index in [1.54, 1.807) is 11.3 Å². The summed E-state index contributed by atoms with van der Waals surface area (Å²) in [6.07, 6.45) is 5.84. The molecule has 5 heteroatoms. The number of nitrogens with zero attached hydrogens (tertiary/aromatic N) is 1. The molecule has 21 heavy (non-hydrogen) atoms.